The van der Waals surface area contributed by atoms with Crippen LogP contribution in [0.15, 0.2) is 0 Å². The molecular weight excluding hydrogens is 180 g/mol. The van der Waals surface area contributed by atoms with E-state index in [1.54, 1.807) is 0 Å². The van der Waals surface area contributed by atoms with Crippen LogP contribution in [0.25, 0.3) is 0 Å². The quantitative estimate of drug-likeness (QED) is 0.448. The maximum atomic E-state index is 11.1. The molecule has 0 aromatic heterocycles. The van der Waals surface area contributed by atoms with Crippen molar-refractivity contribution in [3.63, 3.8) is 0 Å². The van der Waals surface area contributed by atoms with Gasteiger partial charge in [0.15, 0.2) is 0 Å². The van der Waals surface area contributed by atoms with Crippen molar-refractivity contribution in [2.45, 2.75) is 52.6 Å². The van der Waals surface area contributed by atoms with Crippen molar-refractivity contribution in [2.75, 3.05) is 13.2 Å². The molecule has 0 aromatic rings. The second kappa shape index (κ2) is 9.00. The Morgan fingerprint density at radius 2 is 2.00 bits per heavy atom. The van der Waals surface area contributed by atoms with Crippen molar-refractivity contribution in [2.24, 2.45) is 0 Å². The Kier molecular flexibility index (Phi) is 8.64. The van der Waals surface area contributed by atoms with Gasteiger partial charge in [-0.25, -0.2) is 4.79 Å². The van der Waals surface area contributed by atoms with Crippen LogP contribution < -0.4 is 0 Å². The zero-order chi connectivity index (χ0) is 10.8. The summed E-state index contributed by atoms with van der Waals surface area (Å²) in [5, 5.41) is 0. The molecule has 0 saturated heterocycles. The predicted octanol–water partition coefficient (Wildman–Crippen LogP) is 2.53. The van der Waals surface area contributed by atoms with E-state index < -0.39 is 0 Å². The van der Waals surface area contributed by atoms with E-state index in [-0.39, 0.29) is 18.7 Å². The summed E-state index contributed by atoms with van der Waals surface area (Å²) in [7, 11) is 0. The number of esters is 1. The molecule has 0 N–H and O–H groups in total. The van der Waals surface area contributed by atoms with Crippen LogP contribution in [0.4, 0.5) is 0 Å². The van der Waals surface area contributed by atoms with Crippen molar-refractivity contribution in [3.05, 3.63) is 0 Å². The van der Waals surface area contributed by atoms with Gasteiger partial charge in [-0.2, -0.15) is 0 Å². The second-order valence-electron chi connectivity index (χ2n) is 3.48. The lowest BCUT2D eigenvalue weighted by molar-refractivity contribution is -0.151. The second-order valence-corrected chi connectivity index (χ2v) is 3.48. The molecule has 3 nitrogen and oxygen atoms in total. The van der Waals surface area contributed by atoms with E-state index in [4.69, 9.17) is 9.47 Å². The summed E-state index contributed by atoms with van der Waals surface area (Å²) in [6.07, 6.45) is 4.18. The molecule has 0 aliphatic heterocycles. The van der Waals surface area contributed by atoms with Crippen molar-refractivity contribution in [1.82, 2.24) is 0 Å². The van der Waals surface area contributed by atoms with Crippen LogP contribution >= 0.6 is 0 Å². The van der Waals surface area contributed by atoms with E-state index in [0.717, 1.165) is 25.7 Å². The van der Waals surface area contributed by atoms with Crippen molar-refractivity contribution < 1.29 is 14.3 Å². The molecule has 0 aromatic carbocycles. The van der Waals surface area contributed by atoms with Gasteiger partial charge < -0.3 is 9.47 Å². The number of carbonyl (C=O) groups excluding carboxylic acids is 1. The highest BCUT2D eigenvalue weighted by atomic mass is 16.6. The van der Waals surface area contributed by atoms with Gasteiger partial charge in [-0.1, -0.05) is 26.7 Å². The molecule has 0 heterocycles. The first-order chi connectivity index (χ1) is 6.70. The minimum atomic E-state index is -0.249. The number of hydrogen-bond donors (Lipinski definition) is 0. The van der Waals surface area contributed by atoms with Gasteiger partial charge in [0.25, 0.3) is 0 Å². The largest absolute Gasteiger partial charge is 0.464 e. The molecule has 0 rings (SSSR count). The standard InChI is InChI=1S/C11H22O3/c1-4-6-8-13-11(12)9-14-10(3)7-5-2/h10H,4-9H2,1-3H3. The Morgan fingerprint density at radius 1 is 1.29 bits per heavy atom. The van der Waals surface area contributed by atoms with Crippen LogP contribution in [0.1, 0.15) is 46.5 Å². The van der Waals surface area contributed by atoms with E-state index in [1.165, 1.54) is 0 Å². The van der Waals surface area contributed by atoms with E-state index in [0.29, 0.717) is 6.61 Å². The fourth-order valence-corrected chi connectivity index (χ4v) is 1.07. The third-order valence-electron chi connectivity index (χ3n) is 1.94. The van der Waals surface area contributed by atoms with Crippen LogP contribution in [0.3, 0.4) is 0 Å². The highest BCUT2D eigenvalue weighted by Gasteiger charge is 2.06. The Hall–Kier alpha value is -0.570. The molecule has 0 aliphatic rings. The van der Waals surface area contributed by atoms with Gasteiger partial charge in [0, 0.05) is 0 Å². The molecule has 1 atom stereocenters. The molecule has 1 unspecified atom stereocenters. The first-order valence-electron chi connectivity index (χ1n) is 5.47. The highest BCUT2D eigenvalue weighted by molar-refractivity contribution is 5.70. The lowest BCUT2D eigenvalue weighted by Crippen LogP contribution is -2.18. The van der Waals surface area contributed by atoms with Crippen molar-refractivity contribution in [1.29, 1.82) is 0 Å². The normalized spacial score (nSPS) is 12.5. The Labute approximate surface area is 86.8 Å². The minimum absolute atomic E-state index is 0.0882. The van der Waals surface area contributed by atoms with Crippen LogP contribution in [0.2, 0.25) is 0 Å². The summed E-state index contributed by atoms with van der Waals surface area (Å²) in [6, 6.07) is 0. The average molecular weight is 202 g/mol. The zero-order valence-corrected chi connectivity index (χ0v) is 9.54. The predicted molar refractivity (Wildman–Crippen MR) is 56.2 cm³/mol. The van der Waals surface area contributed by atoms with Gasteiger partial charge in [0.1, 0.15) is 6.61 Å². The van der Waals surface area contributed by atoms with Gasteiger partial charge in [-0.05, 0) is 19.8 Å². The molecule has 0 radical (unpaired) electrons. The third kappa shape index (κ3) is 8.05. The Bertz CT molecular complexity index is 145. The smallest absolute Gasteiger partial charge is 0.332 e. The fraction of sp³-hybridized carbons (Fsp3) is 0.909. The lowest BCUT2D eigenvalue weighted by atomic mass is 10.2. The van der Waals surface area contributed by atoms with E-state index in [2.05, 4.69) is 13.8 Å². The molecule has 14 heavy (non-hydrogen) atoms. The maximum absolute atomic E-state index is 11.1. The average Bonchev–Trinajstić information content (AvgIpc) is 2.16. The minimum Gasteiger partial charge on any atom is -0.464 e. The number of carbonyl (C=O) groups is 1. The van der Waals surface area contributed by atoms with Crippen LogP contribution in [0, 0.1) is 0 Å². The summed E-state index contributed by atoms with van der Waals surface area (Å²) < 4.78 is 10.2. The van der Waals surface area contributed by atoms with Crippen molar-refractivity contribution in [3.8, 4) is 0 Å². The van der Waals surface area contributed by atoms with Gasteiger partial charge >= 0.3 is 5.97 Å². The SMILES string of the molecule is CCCCOC(=O)COC(C)CCC. The number of unbranched alkanes of at least 4 members (excludes halogenated alkanes) is 1. The highest BCUT2D eigenvalue weighted by Crippen LogP contribution is 2.00. The number of rotatable bonds is 8. The van der Waals surface area contributed by atoms with Crippen LogP contribution in [-0.2, 0) is 14.3 Å². The summed E-state index contributed by atoms with van der Waals surface area (Å²) in [6.45, 7) is 6.74. The molecule has 0 spiro atoms. The summed E-state index contributed by atoms with van der Waals surface area (Å²) in [4.78, 5) is 11.1. The van der Waals surface area contributed by atoms with Gasteiger partial charge in [-0.15, -0.1) is 0 Å². The number of ether oxygens (including phenoxy) is 2. The van der Waals surface area contributed by atoms with Gasteiger partial charge in [-0.3, -0.25) is 0 Å². The summed E-state index contributed by atoms with van der Waals surface area (Å²) in [5.41, 5.74) is 0. The topological polar surface area (TPSA) is 35.5 Å². The number of hydrogen-bond acceptors (Lipinski definition) is 3. The first kappa shape index (κ1) is 13.4. The molecule has 84 valence electrons. The van der Waals surface area contributed by atoms with E-state index in [9.17, 15) is 4.79 Å². The van der Waals surface area contributed by atoms with Crippen LogP contribution in [-0.4, -0.2) is 25.3 Å². The molecule has 0 fully saturated rings. The van der Waals surface area contributed by atoms with Gasteiger partial charge in [0.2, 0.25) is 0 Å². The third-order valence-corrected chi connectivity index (χ3v) is 1.94. The lowest BCUT2D eigenvalue weighted by Gasteiger charge is -2.11. The van der Waals surface area contributed by atoms with E-state index in [1.807, 2.05) is 6.92 Å². The van der Waals surface area contributed by atoms with Crippen molar-refractivity contribution >= 4 is 5.97 Å². The van der Waals surface area contributed by atoms with E-state index >= 15 is 0 Å². The zero-order valence-electron chi connectivity index (χ0n) is 9.54. The summed E-state index contributed by atoms with van der Waals surface area (Å²) in [5.74, 6) is -0.249. The summed E-state index contributed by atoms with van der Waals surface area (Å²) >= 11 is 0. The molecule has 3 heteroatoms. The monoisotopic (exact) mass is 202 g/mol. The molecule has 0 saturated carbocycles. The molecular formula is C11H22O3. The molecule has 0 amide bonds. The Morgan fingerprint density at radius 3 is 2.57 bits per heavy atom. The van der Waals surface area contributed by atoms with Gasteiger partial charge in [0.05, 0.1) is 12.7 Å². The Balaban J connectivity index is 3.34. The fourth-order valence-electron chi connectivity index (χ4n) is 1.07. The van der Waals surface area contributed by atoms with Crippen LogP contribution in [0.5, 0.6) is 0 Å². The molecule has 0 aliphatic carbocycles. The molecule has 0 bridgehead atoms. The maximum Gasteiger partial charge on any atom is 0.332 e. The first-order valence-corrected chi connectivity index (χ1v) is 5.47.